The van der Waals surface area contributed by atoms with Gasteiger partial charge < -0.3 is 5.32 Å². The summed E-state index contributed by atoms with van der Waals surface area (Å²) in [6.07, 6.45) is -1.49. The molecule has 0 aliphatic carbocycles. The Morgan fingerprint density at radius 3 is 2.31 bits per heavy atom. The van der Waals surface area contributed by atoms with E-state index in [-0.39, 0.29) is 0 Å². The van der Waals surface area contributed by atoms with Crippen molar-refractivity contribution in [2.24, 2.45) is 0 Å². The molecule has 1 rings (SSSR count). The largest absolute Gasteiger partial charge is 0.401 e. The van der Waals surface area contributed by atoms with Crippen molar-refractivity contribution in [1.82, 2.24) is 5.32 Å². The minimum atomic E-state index is -4.10. The zero-order valence-corrected chi connectivity index (χ0v) is 9.06. The van der Waals surface area contributed by atoms with Gasteiger partial charge in [-0.2, -0.15) is 13.2 Å². The molecule has 1 nitrogen and oxygen atoms in total. The number of hydrogen-bond acceptors (Lipinski definition) is 1. The van der Waals surface area contributed by atoms with Gasteiger partial charge in [0, 0.05) is 0 Å². The minimum Gasteiger partial charge on any atom is -0.309 e. The van der Waals surface area contributed by atoms with Crippen LogP contribution >= 0.6 is 0 Å². The lowest BCUT2D eigenvalue weighted by molar-refractivity contribution is -0.124. The normalized spacial score (nSPS) is 11.7. The average Bonchev–Trinajstić information content (AvgIpc) is 2.23. The van der Waals surface area contributed by atoms with Crippen LogP contribution in [0, 0.1) is 0 Å². The molecule has 0 fully saturated rings. The van der Waals surface area contributed by atoms with Crippen LogP contribution in [0.25, 0.3) is 0 Å². The molecule has 0 atom stereocenters. The average molecular weight is 231 g/mol. The van der Waals surface area contributed by atoms with E-state index in [1.54, 1.807) is 0 Å². The number of halogens is 3. The van der Waals surface area contributed by atoms with E-state index in [1.807, 2.05) is 30.3 Å². The van der Waals surface area contributed by atoms with Gasteiger partial charge in [-0.15, -0.1) is 0 Å². The van der Waals surface area contributed by atoms with Gasteiger partial charge in [-0.05, 0) is 31.4 Å². The van der Waals surface area contributed by atoms with E-state index >= 15 is 0 Å². The van der Waals surface area contributed by atoms with Crippen LogP contribution in [0.3, 0.4) is 0 Å². The second-order valence-corrected chi connectivity index (χ2v) is 3.73. The maximum atomic E-state index is 11.8. The van der Waals surface area contributed by atoms with Crippen molar-refractivity contribution in [2.45, 2.75) is 25.4 Å². The number of nitrogens with one attached hydrogen (secondary N) is 1. The van der Waals surface area contributed by atoms with E-state index in [0.29, 0.717) is 6.54 Å². The number of hydrogen-bond donors (Lipinski definition) is 1. The molecular formula is C12H16F3N. The molecule has 1 N–H and O–H groups in total. The number of rotatable bonds is 6. The molecule has 0 unspecified atom stereocenters. The molecule has 90 valence electrons. The van der Waals surface area contributed by atoms with Crippen molar-refractivity contribution in [3.05, 3.63) is 35.9 Å². The maximum absolute atomic E-state index is 11.8. The molecule has 1 aromatic rings. The van der Waals surface area contributed by atoms with E-state index < -0.39 is 12.7 Å². The van der Waals surface area contributed by atoms with Gasteiger partial charge in [0.05, 0.1) is 6.54 Å². The Balaban J connectivity index is 2.01. The monoisotopic (exact) mass is 231 g/mol. The Hall–Kier alpha value is -1.03. The molecule has 0 aliphatic rings. The van der Waals surface area contributed by atoms with Crippen LogP contribution in [0.4, 0.5) is 13.2 Å². The van der Waals surface area contributed by atoms with Gasteiger partial charge in [-0.3, -0.25) is 0 Å². The number of alkyl halides is 3. The molecule has 1 aromatic carbocycles. The van der Waals surface area contributed by atoms with Crippen LogP contribution in [0.15, 0.2) is 30.3 Å². The first-order valence-corrected chi connectivity index (χ1v) is 5.39. The van der Waals surface area contributed by atoms with Gasteiger partial charge in [-0.25, -0.2) is 0 Å². The molecule has 0 radical (unpaired) electrons. The lowest BCUT2D eigenvalue weighted by Crippen LogP contribution is -2.29. The third kappa shape index (κ3) is 6.45. The van der Waals surface area contributed by atoms with Gasteiger partial charge in [0.15, 0.2) is 0 Å². The summed E-state index contributed by atoms with van der Waals surface area (Å²) in [6.45, 7) is -0.468. The van der Waals surface area contributed by atoms with Gasteiger partial charge in [-0.1, -0.05) is 30.3 Å². The lowest BCUT2D eigenvalue weighted by Gasteiger charge is -2.07. The quantitative estimate of drug-likeness (QED) is 0.741. The summed E-state index contributed by atoms with van der Waals surface area (Å²) < 4.78 is 35.3. The lowest BCUT2D eigenvalue weighted by atomic mass is 10.1. The summed E-state index contributed by atoms with van der Waals surface area (Å²) in [5.74, 6) is 0. The van der Waals surface area contributed by atoms with Crippen LogP contribution < -0.4 is 5.32 Å². The van der Waals surface area contributed by atoms with E-state index in [4.69, 9.17) is 0 Å². The second kappa shape index (κ2) is 6.53. The first kappa shape index (κ1) is 13.0. The van der Waals surface area contributed by atoms with Gasteiger partial charge in [0.1, 0.15) is 0 Å². The predicted octanol–water partition coefficient (Wildman–Crippen LogP) is 3.16. The molecule has 0 amide bonds. The Morgan fingerprint density at radius 2 is 1.69 bits per heavy atom. The van der Waals surface area contributed by atoms with Crippen LogP contribution in [-0.4, -0.2) is 19.3 Å². The van der Waals surface area contributed by atoms with Crippen LogP contribution in [0.2, 0.25) is 0 Å². The Bertz CT molecular complexity index is 282. The van der Waals surface area contributed by atoms with Gasteiger partial charge in [0.25, 0.3) is 0 Å². The summed E-state index contributed by atoms with van der Waals surface area (Å²) in [6, 6.07) is 9.95. The fourth-order valence-electron chi connectivity index (χ4n) is 1.45. The smallest absolute Gasteiger partial charge is 0.309 e. The molecule has 0 heterocycles. The van der Waals surface area contributed by atoms with Crippen molar-refractivity contribution in [3.8, 4) is 0 Å². The molecular weight excluding hydrogens is 215 g/mol. The van der Waals surface area contributed by atoms with E-state index in [9.17, 15) is 13.2 Å². The minimum absolute atomic E-state index is 0.423. The third-order valence-electron chi connectivity index (χ3n) is 2.24. The fraction of sp³-hybridized carbons (Fsp3) is 0.500. The number of benzene rings is 1. The highest BCUT2D eigenvalue weighted by Gasteiger charge is 2.25. The zero-order chi connectivity index (χ0) is 11.9. The van der Waals surface area contributed by atoms with E-state index in [1.165, 1.54) is 5.56 Å². The molecule has 4 heteroatoms. The van der Waals surface area contributed by atoms with Crippen molar-refractivity contribution in [3.63, 3.8) is 0 Å². The van der Waals surface area contributed by atoms with Crippen molar-refractivity contribution in [1.29, 1.82) is 0 Å². The third-order valence-corrected chi connectivity index (χ3v) is 2.24. The second-order valence-electron chi connectivity index (χ2n) is 3.73. The Morgan fingerprint density at radius 1 is 1.00 bits per heavy atom. The zero-order valence-electron chi connectivity index (χ0n) is 9.06. The summed E-state index contributed by atoms with van der Waals surface area (Å²) in [5.41, 5.74) is 1.23. The van der Waals surface area contributed by atoms with Crippen molar-refractivity contribution < 1.29 is 13.2 Å². The molecule has 0 aromatic heterocycles. The first-order valence-electron chi connectivity index (χ1n) is 5.39. The van der Waals surface area contributed by atoms with Crippen molar-refractivity contribution >= 4 is 0 Å². The Kier molecular flexibility index (Phi) is 5.32. The van der Waals surface area contributed by atoms with E-state index in [2.05, 4.69) is 5.32 Å². The summed E-state index contributed by atoms with van der Waals surface area (Å²) in [4.78, 5) is 0. The summed E-state index contributed by atoms with van der Waals surface area (Å²) in [5, 5.41) is 2.39. The molecule has 0 saturated heterocycles. The molecule has 0 bridgehead atoms. The summed E-state index contributed by atoms with van der Waals surface area (Å²) >= 11 is 0. The maximum Gasteiger partial charge on any atom is 0.401 e. The van der Waals surface area contributed by atoms with Crippen molar-refractivity contribution in [2.75, 3.05) is 13.1 Å². The van der Waals surface area contributed by atoms with Crippen LogP contribution in [0.1, 0.15) is 18.4 Å². The first-order chi connectivity index (χ1) is 7.58. The van der Waals surface area contributed by atoms with Crippen LogP contribution in [-0.2, 0) is 6.42 Å². The number of unbranched alkanes of at least 4 members (excludes halogenated alkanes) is 1. The SMILES string of the molecule is FC(F)(F)CNCCCCc1ccccc1. The van der Waals surface area contributed by atoms with Gasteiger partial charge in [0.2, 0.25) is 0 Å². The highest BCUT2D eigenvalue weighted by Crippen LogP contribution is 2.12. The summed E-state index contributed by atoms with van der Waals surface area (Å²) in [7, 11) is 0. The Labute approximate surface area is 93.7 Å². The molecule has 16 heavy (non-hydrogen) atoms. The highest BCUT2D eigenvalue weighted by molar-refractivity contribution is 5.14. The predicted molar refractivity (Wildman–Crippen MR) is 58.3 cm³/mol. The molecule has 0 aliphatic heterocycles. The van der Waals surface area contributed by atoms with E-state index in [0.717, 1.165) is 19.3 Å². The molecule has 0 saturated carbocycles. The fourth-order valence-corrected chi connectivity index (χ4v) is 1.45. The number of aryl methyl sites for hydroxylation is 1. The topological polar surface area (TPSA) is 12.0 Å². The highest BCUT2D eigenvalue weighted by atomic mass is 19.4. The standard InChI is InChI=1S/C12H16F3N/c13-12(14,15)10-16-9-5-4-8-11-6-2-1-3-7-11/h1-3,6-7,16H,4-5,8-10H2. The molecule has 0 spiro atoms. The van der Waals surface area contributed by atoms with Gasteiger partial charge >= 0.3 is 6.18 Å². The van der Waals surface area contributed by atoms with Crippen LogP contribution in [0.5, 0.6) is 0 Å².